The molecule has 1 fully saturated rings. The van der Waals surface area contributed by atoms with Crippen LogP contribution in [0.1, 0.15) is 37.0 Å². The van der Waals surface area contributed by atoms with E-state index in [1.807, 2.05) is 6.07 Å². The van der Waals surface area contributed by atoms with Crippen LogP contribution in [0.4, 0.5) is 4.39 Å². The Morgan fingerprint density at radius 1 is 1.17 bits per heavy atom. The van der Waals surface area contributed by atoms with Crippen molar-refractivity contribution in [1.29, 1.82) is 0 Å². The lowest BCUT2D eigenvalue weighted by Gasteiger charge is -2.54. The van der Waals surface area contributed by atoms with E-state index in [1.165, 1.54) is 16.7 Å². The largest absolute Gasteiger partial charge is 0.299 e. The highest BCUT2D eigenvalue weighted by Crippen LogP contribution is 2.48. The molecule has 0 saturated carbocycles. The topological polar surface area (TPSA) is 3.24 Å². The zero-order valence-corrected chi connectivity index (χ0v) is 14.6. The number of fused-ring (bicyclic) bond motifs is 4. The van der Waals surface area contributed by atoms with Crippen molar-refractivity contribution < 1.29 is 4.39 Å². The molecule has 0 radical (unpaired) electrons. The van der Waals surface area contributed by atoms with Crippen molar-refractivity contribution in [3.05, 3.63) is 71.0 Å². The summed E-state index contributed by atoms with van der Waals surface area (Å²) >= 11 is 0. The molecule has 2 aromatic rings. The van der Waals surface area contributed by atoms with Crippen LogP contribution in [-0.4, -0.2) is 24.0 Å². The van der Waals surface area contributed by atoms with Crippen LogP contribution in [-0.2, 0) is 18.3 Å². The van der Waals surface area contributed by atoms with Gasteiger partial charge in [-0.1, -0.05) is 50.2 Å². The van der Waals surface area contributed by atoms with Crippen molar-refractivity contribution >= 4 is 0 Å². The summed E-state index contributed by atoms with van der Waals surface area (Å²) in [7, 11) is 0. The highest BCUT2D eigenvalue weighted by molar-refractivity contribution is 5.40. The molecule has 2 aliphatic rings. The normalized spacial score (nSPS) is 29.3. The lowest BCUT2D eigenvalue weighted by molar-refractivity contribution is 0.0321. The van der Waals surface area contributed by atoms with Gasteiger partial charge in [-0.3, -0.25) is 4.90 Å². The number of benzene rings is 2. The minimum absolute atomic E-state index is 0.0906. The Bertz CT molecular complexity index is 726. The van der Waals surface area contributed by atoms with Crippen LogP contribution in [0.3, 0.4) is 0 Å². The summed E-state index contributed by atoms with van der Waals surface area (Å²) in [5.74, 6) is 0.475. The molecular formula is C22H26FN. The number of piperidine rings is 1. The summed E-state index contributed by atoms with van der Waals surface area (Å²) < 4.78 is 13.8. The first-order valence-corrected chi connectivity index (χ1v) is 9.15. The number of likely N-dealkylation sites (tertiary alicyclic amines) is 1. The molecule has 2 heteroatoms. The Kier molecular flexibility index (Phi) is 3.96. The summed E-state index contributed by atoms with van der Waals surface area (Å²) in [5.41, 5.74) is 4.14. The monoisotopic (exact) mass is 323 g/mol. The van der Waals surface area contributed by atoms with Crippen LogP contribution in [0, 0.1) is 11.7 Å². The molecule has 2 aromatic carbocycles. The first-order chi connectivity index (χ1) is 11.6. The molecule has 1 aliphatic carbocycles. The van der Waals surface area contributed by atoms with Gasteiger partial charge < -0.3 is 0 Å². The fourth-order valence-corrected chi connectivity index (χ4v) is 4.87. The third-order valence-electron chi connectivity index (χ3n) is 6.62. The smallest absolute Gasteiger partial charge is 0.123 e. The highest BCUT2D eigenvalue weighted by Gasteiger charge is 2.48. The van der Waals surface area contributed by atoms with E-state index in [4.69, 9.17) is 0 Å². The molecule has 4 rings (SSSR count). The second-order valence-corrected chi connectivity index (χ2v) is 7.80. The van der Waals surface area contributed by atoms with E-state index in [-0.39, 0.29) is 11.2 Å². The van der Waals surface area contributed by atoms with Gasteiger partial charge in [-0.05, 0) is 66.0 Å². The number of halogens is 1. The van der Waals surface area contributed by atoms with E-state index in [2.05, 4.69) is 49.1 Å². The van der Waals surface area contributed by atoms with Crippen LogP contribution in [0.25, 0.3) is 0 Å². The Morgan fingerprint density at radius 3 is 2.75 bits per heavy atom. The third-order valence-corrected chi connectivity index (χ3v) is 6.62. The first kappa shape index (κ1) is 15.8. The molecule has 1 aliphatic heterocycles. The number of hydrogen-bond donors (Lipinski definition) is 0. The van der Waals surface area contributed by atoms with Crippen molar-refractivity contribution in [2.24, 2.45) is 5.92 Å². The minimum atomic E-state index is -0.0906. The Hall–Kier alpha value is -1.67. The SMILES string of the molecule is CC1C2Cc3ccc(F)cc3[C@]1(C)CCN2CCc1ccccc1. The van der Waals surface area contributed by atoms with Gasteiger partial charge in [-0.15, -0.1) is 0 Å². The Labute approximate surface area is 144 Å². The van der Waals surface area contributed by atoms with Crippen LogP contribution < -0.4 is 0 Å². The van der Waals surface area contributed by atoms with Gasteiger partial charge in [-0.25, -0.2) is 4.39 Å². The quantitative estimate of drug-likeness (QED) is 0.798. The fraction of sp³-hybridized carbons (Fsp3) is 0.455. The predicted octanol–water partition coefficient (Wildman–Crippen LogP) is 4.59. The first-order valence-electron chi connectivity index (χ1n) is 9.15. The van der Waals surface area contributed by atoms with Crippen molar-refractivity contribution in [3.63, 3.8) is 0 Å². The van der Waals surface area contributed by atoms with E-state index in [1.54, 1.807) is 12.1 Å². The van der Waals surface area contributed by atoms with Crippen LogP contribution >= 0.6 is 0 Å². The average Bonchev–Trinajstić information content (AvgIpc) is 2.59. The maximum atomic E-state index is 13.8. The van der Waals surface area contributed by atoms with Gasteiger partial charge in [-0.2, -0.15) is 0 Å². The molecule has 0 spiro atoms. The summed E-state index contributed by atoms with van der Waals surface area (Å²) in [4.78, 5) is 2.67. The van der Waals surface area contributed by atoms with Gasteiger partial charge in [0.2, 0.25) is 0 Å². The maximum absolute atomic E-state index is 13.8. The Morgan fingerprint density at radius 2 is 1.96 bits per heavy atom. The number of nitrogens with zero attached hydrogens (tertiary/aromatic N) is 1. The molecule has 1 saturated heterocycles. The molecule has 0 N–H and O–H groups in total. The average molecular weight is 323 g/mol. The summed E-state index contributed by atoms with van der Waals surface area (Å²) in [6.07, 6.45) is 3.29. The molecule has 3 atom stereocenters. The molecule has 24 heavy (non-hydrogen) atoms. The summed E-state index contributed by atoms with van der Waals surface area (Å²) in [6.45, 7) is 6.95. The third kappa shape index (κ3) is 2.57. The van der Waals surface area contributed by atoms with Crippen LogP contribution in [0.5, 0.6) is 0 Å². The van der Waals surface area contributed by atoms with E-state index in [9.17, 15) is 4.39 Å². The van der Waals surface area contributed by atoms with Gasteiger partial charge in [0, 0.05) is 12.6 Å². The standard InChI is InChI=1S/C22H26FN/c1-16-21-14-18-8-9-19(23)15-20(18)22(16,2)11-13-24(21)12-10-17-6-4-3-5-7-17/h3-9,15-16,21H,10-14H2,1-2H3/t16?,21?,22-/m1/s1. The zero-order chi connectivity index (χ0) is 16.7. The molecule has 1 nitrogen and oxygen atoms in total. The number of hydrogen-bond acceptors (Lipinski definition) is 1. The van der Waals surface area contributed by atoms with Gasteiger partial charge in [0.25, 0.3) is 0 Å². The molecule has 0 amide bonds. The highest BCUT2D eigenvalue weighted by atomic mass is 19.1. The fourth-order valence-electron chi connectivity index (χ4n) is 4.87. The van der Waals surface area contributed by atoms with Crippen molar-refractivity contribution in [2.45, 2.75) is 44.6 Å². The maximum Gasteiger partial charge on any atom is 0.123 e. The van der Waals surface area contributed by atoms with Crippen LogP contribution in [0.2, 0.25) is 0 Å². The summed E-state index contributed by atoms with van der Waals surface area (Å²) in [6, 6.07) is 16.8. The van der Waals surface area contributed by atoms with Gasteiger partial charge in [0.05, 0.1) is 0 Å². The van der Waals surface area contributed by atoms with Gasteiger partial charge in [0.1, 0.15) is 5.82 Å². The minimum Gasteiger partial charge on any atom is -0.299 e. The second-order valence-electron chi connectivity index (χ2n) is 7.80. The van der Waals surface area contributed by atoms with Gasteiger partial charge in [0.15, 0.2) is 0 Å². The van der Waals surface area contributed by atoms with Crippen molar-refractivity contribution in [3.8, 4) is 0 Å². The van der Waals surface area contributed by atoms with E-state index in [0.717, 1.165) is 32.4 Å². The lowest BCUT2D eigenvalue weighted by Crippen LogP contribution is -2.58. The molecule has 1 heterocycles. The lowest BCUT2D eigenvalue weighted by atomic mass is 9.59. The molecule has 0 aromatic heterocycles. The second kappa shape index (κ2) is 6.00. The van der Waals surface area contributed by atoms with Gasteiger partial charge >= 0.3 is 0 Å². The molecule has 2 bridgehead atoms. The predicted molar refractivity (Wildman–Crippen MR) is 96.7 cm³/mol. The molecule has 126 valence electrons. The zero-order valence-electron chi connectivity index (χ0n) is 14.6. The van der Waals surface area contributed by atoms with E-state index >= 15 is 0 Å². The summed E-state index contributed by atoms with van der Waals surface area (Å²) in [5, 5.41) is 0. The van der Waals surface area contributed by atoms with Crippen molar-refractivity contribution in [2.75, 3.05) is 13.1 Å². The van der Waals surface area contributed by atoms with E-state index in [0.29, 0.717) is 12.0 Å². The van der Waals surface area contributed by atoms with Crippen molar-refractivity contribution in [1.82, 2.24) is 4.90 Å². The Balaban J connectivity index is 1.57. The van der Waals surface area contributed by atoms with Crippen LogP contribution in [0.15, 0.2) is 48.5 Å². The molecule has 2 unspecified atom stereocenters. The number of rotatable bonds is 3. The molecular weight excluding hydrogens is 297 g/mol. The van der Waals surface area contributed by atoms with E-state index < -0.39 is 0 Å².